The molecule has 0 saturated carbocycles. The Balaban J connectivity index is 1.37. The highest BCUT2D eigenvalue weighted by Crippen LogP contribution is 2.24. The SMILES string of the molecule is CCCCCc1ccc(CCc2ccc3c(F)c(CCc4ccc(C#N)cc4)ccc3c2)nc1. The van der Waals surface area contributed by atoms with Crippen LogP contribution in [0.4, 0.5) is 4.39 Å². The number of nitriles is 1. The van der Waals surface area contributed by atoms with E-state index in [2.05, 4.69) is 36.2 Å². The van der Waals surface area contributed by atoms with Crippen LogP contribution in [0.5, 0.6) is 0 Å². The zero-order valence-electron chi connectivity index (χ0n) is 19.9. The Kier molecular flexibility index (Phi) is 8.04. The van der Waals surface area contributed by atoms with Crippen LogP contribution in [0.2, 0.25) is 0 Å². The van der Waals surface area contributed by atoms with Crippen molar-refractivity contribution in [3.05, 3.63) is 112 Å². The summed E-state index contributed by atoms with van der Waals surface area (Å²) in [6, 6.07) is 24.0. The van der Waals surface area contributed by atoms with Gasteiger partial charge in [0.15, 0.2) is 0 Å². The van der Waals surface area contributed by atoms with Gasteiger partial charge in [-0.3, -0.25) is 4.98 Å². The van der Waals surface area contributed by atoms with Crippen molar-refractivity contribution in [2.75, 3.05) is 0 Å². The smallest absolute Gasteiger partial charge is 0.134 e. The van der Waals surface area contributed by atoms with Crippen LogP contribution < -0.4 is 0 Å². The predicted molar refractivity (Wildman–Crippen MR) is 137 cm³/mol. The van der Waals surface area contributed by atoms with Gasteiger partial charge in [-0.15, -0.1) is 0 Å². The molecule has 0 radical (unpaired) electrons. The van der Waals surface area contributed by atoms with Crippen molar-refractivity contribution in [2.45, 2.75) is 58.3 Å². The van der Waals surface area contributed by atoms with E-state index in [1.54, 1.807) is 0 Å². The van der Waals surface area contributed by atoms with Crippen LogP contribution in [0.15, 0.2) is 72.9 Å². The monoisotopic (exact) mass is 450 g/mol. The number of unbranched alkanes of at least 4 members (excludes halogenated alkanes) is 2. The minimum Gasteiger partial charge on any atom is -0.261 e. The van der Waals surface area contributed by atoms with Gasteiger partial charge < -0.3 is 0 Å². The van der Waals surface area contributed by atoms with Crippen LogP contribution in [0, 0.1) is 17.1 Å². The van der Waals surface area contributed by atoms with Crippen molar-refractivity contribution in [3.8, 4) is 6.07 Å². The quantitative estimate of drug-likeness (QED) is 0.234. The lowest BCUT2D eigenvalue weighted by Gasteiger charge is -2.09. The molecule has 0 aliphatic rings. The number of fused-ring (bicyclic) bond motifs is 1. The Morgan fingerprint density at radius 2 is 1.53 bits per heavy atom. The van der Waals surface area contributed by atoms with Crippen molar-refractivity contribution in [3.63, 3.8) is 0 Å². The standard InChI is InChI=1S/C31H31FN2/c1-2-3-4-5-26-12-18-29(34-22-26)17-11-24-13-19-30-28(20-24)16-15-27(31(30)32)14-10-23-6-8-25(21-33)9-7-23/h6-9,12-13,15-16,18-20,22H,2-5,10-11,14,17H2,1H3. The first-order chi connectivity index (χ1) is 16.7. The number of nitrogens with zero attached hydrogens (tertiary/aromatic N) is 2. The lowest BCUT2D eigenvalue weighted by atomic mass is 9.97. The number of rotatable bonds is 10. The van der Waals surface area contributed by atoms with Gasteiger partial charge in [0, 0.05) is 17.3 Å². The normalized spacial score (nSPS) is 11.0. The number of aryl methyl sites for hydroxylation is 5. The molecular weight excluding hydrogens is 419 g/mol. The Morgan fingerprint density at radius 3 is 2.26 bits per heavy atom. The van der Waals surface area contributed by atoms with Gasteiger partial charge in [0.1, 0.15) is 5.82 Å². The highest BCUT2D eigenvalue weighted by molar-refractivity contribution is 5.84. The zero-order valence-corrected chi connectivity index (χ0v) is 19.9. The highest BCUT2D eigenvalue weighted by atomic mass is 19.1. The van der Waals surface area contributed by atoms with E-state index < -0.39 is 0 Å². The van der Waals surface area contributed by atoms with Gasteiger partial charge in [0.2, 0.25) is 0 Å². The number of hydrogen-bond donors (Lipinski definition) is 0. The van der Waals surface area contributed by atoms with E-state index in [4.69, 9.17) is 5.26 Å². The minimum absolute atomic E-state index is 0.127. The molecule has 34 heavy (non-hydrogen) atoms. The van der Waals surface area contributed by atoms with Crippen LogP contribution in [-0.4, -0.2) is 4.98 Å². The summed E-state index contributed by atoms with van der Waals surface area (Å²) >= 11 is 0. The molecule has 0 spiro atoms. The molecule has 0 fully saturated rings. The lowest BCUT2D eigenvalue weighted by Crippen LogP contribution is -1.98. The first-order valence-corrected chi connectivity index (χ1v) is 12.3. The summed E-state index contributed by atoms with van der Waals surface area (Å²) < 4.78 is 15.2. The van der Waals surface area contributed by atoms with E-state index >= 15 is 4.39 Å². The average molecular weight is 451 g/mol. The summed E-state index contributed by atoms with van der Waals surface area (Å²) in [5, 5.41) is 10.5. The van der Waals surface area contributed by atoms with Crippen molar-refractivity contribution in [1.82, 2.24) is 4.98 Å². The summed E-state index contributed by atoms with van der Waals surface area (Å²) in [6.07, 6.45) is 10.00. The molecule has 1 aromatic heterocycles. The van der Waals surface area contributed by atoms with Crippen molar-refractivity contribution < 1.29 is 4.39 Å². The van der Waals surface area contributed by atoms with E-state index in [-0.39, 0.29) is 5.82 Å². The molecule has 0 aliphatic heterocycles. The molecule has 0 aliphatic carbocycles. The van der Waals surface area contributed by atoms with Crippen LogP contribution in [0.25, 0.3) is 10.8 Å². The molecule has 1 heterocycles. The van der Waals surface area contributed by atoms with Gasteiger partial charge in [0.25, 0.3) is 0 Å². The van der Waals surface area contributed by atoms with E-state index in [1.165, 1.54) is 30.4 Å². The fraction of sp³-hybridized carbons (Fsp3) is 0.290. The molecule has 4 rings (SSSR count). The number of aromatic nitrogens is 1. The van der Waals surface area contributed by atoms with E-state index in [0.717, 1.165) is 47.9 Å². The predicted octanol–water partition coefficient (Wildman–Crippen LogP) is 7.55. The molecule has 0 amide bonds. The van der Waals surface area contributed by atoms with Gasteiger partial charge in [-0.05, 0) is 84.4 Å². The number of benzene rings is 3. The molecule has 0 atom stereocenters. The Bertz CT molecular complexity index is 1270. The fourth-order valence-electron chi connectivity index (χ4n) is 4.36. The average Bonchev–Trinajstić information content (AvgIpc) is 2.88. The summed E-state index contributed by atoms with van der Waals surface area (Å²) in [4.78, 5) is 4.64. The van der Waals surface area contributed by atoms with E-state index in [0.29, 0.717) is 17.4 Å². The second-order valence-corrected chi connectivity index (χ2v) is 9.02. The first-order valence-electron chi connectivity index (χ1n) is 12.3. The Hall–Kier alpha value is -3.51. The largest absolute Gasteiger partial charge is 0.261 e. The number of pyridine rings is 1. The Labute approximate surface area is 202 Å². The summed E-state index contributed by atoms with van der Waals surface area (Å²) in [5.74, 6) is -0.127. The van der Waals surface area contributed by atoms with E-state index in [9.17, 15) is 0 Å². The lowest BCUT2D eigenvalue weighted by molar-refractivity contribution is 0.620. The molecule has 3 heteroatoms. The molecule has 0 bridgehead atoms. The number of halogens is 1. The van der Waals surface area contributed by atoms with Gasteiger partial charge in [-0.2, -0.15) is 5.26 Å². The molecule has 2 nitrogen and oxygen atoms in total. The molecule has 172 valence electrons. The molecule has 0 unspecified atom stereocenters. The van der Waals surface area contributed by atoms with Crippen LogP contribution in [0.1, 0.15) is 59.7 Å². The fourth-order valence-corrected chi connectivity index (χ4v) is 4.36. The van der Waals surface area contributed by atoms with Crippen LogP contribution >= 0.6 is 0 Å². The van der Waals surface area contributed by atoms with Crippen molar-refractivity contribution >= 4 is 10.8 Å². The molecule has 0 N–H and O–H groups in total. The van der Waals surface area contributed by atoms with Crippen LogP contribution in [0.3, 0.4) is 0 Å². The van der Waals surface area contributed by atoms with Gasteiger partial charge in [-0.1, -0.05) is 68.3 Å². The zero-order chi connectivity index (χ0) is 23.8. The summed E-state index contributed by atoms with van der Waals surface area (Å²) in [6.45, 7) is 2.22. The molecule has 0 saturated heterocycles. The topological polar surface area (TPSA) is 36.7 Å². The van der Waals surface area contributed by atoms with E-state index in [1.807, 2.05) is 54.7 Å². The maximum atomic E-state index is 15.2. The third kappa shape index (κ3) is 6.08. The number of hydrogen-bond acceptors (Lipinski definition) is 2. The van der Waals surface area contributed by atoms with Gasteiger partial charge in [0.05, 0.1) is 11.6 Å². The third-order valence-corrected chi connectivity index (χ3v) is 6.49. The Morgan fingerprint density at radius 1 is 0.765 bits per heavy atom. The van der Waals surface area contributed by atoms with Gasteiger partial charge >= 0.3 is 0 Å². The van der Waals surface area contributed by atoms with Crippen molar-refractivity contribution in [2.24, 2.45) is 0 Å². The maximum Gasteiger partial charge on any atom is 0.134 e. The molecule has 3 aromatic carbocycles. The van der Waals surface area contributed by atoms with Crippen LogP contribution in [-0.2, 0) is 32.1 Å². The minimum atomic E-state index is -0.127. The van der Waals surface area contributed by atoms with Crippen molar-refractivity contribution in [1.29, 1.82) is 5.26 Å². The third-order valence-electron chi connectivity index (χ3n) is 6.49. The highest BCUT2D eigenvalue weighted by Gasteiger charge is 2.09. The summed E-state index contributed by atoms with van der Waals surface area (Å²) in [7, 11) is 0. The molecular formula is C31H31FN2. The van der Waals surface area contributed by atoms with Gasteiger partial charge in [-0.25, -0.2) is 4.39 Å². The molecule has 4 aromatic rings. The second-order valence-electron chi connectivity index (χ2n) is 9.02. The first kappa shape index (κ1) is 23.6. The summed E-state index contributed by atoms with van der Waals surface area (Å²) in [5.41, 5.74) is 6.10. The second kappa shape index (κ2) is 11.6. The maximum absolute atomic E-state index is 15.2.